The van der Waals surface area contributed by atoms with Crippen molar-refractivity contribution in [3.8, 4) is 0 Å². The van der Waals surface area contributed by atoms with E-state index in [4.69, 9.17) is 4.74 Å². The van der Waals surface area contributed by atoms with Crippen LogP contribution in [0, 0.1) is 11.8 Å². The SMILES string of the molecule is C=C(COC(C)=O)[C@H]1CC[C@H](C)C[C@@H]1O. The summed E-state index contributed by atoms with van der Waals surface area (Å²) < 4.78 is 4.88. The lowest BCUT2D eigenvalue weighted by Crippen LogP contribution is -2.30. The lowest BCUT2D eigenvalue weighted by atomic mass is 9.77. The average Bonchev–Trinajstić information content (AvgIpc) is 2.14. The van der Waals surface area contributed by atoms with Crippen molar-refractivity contribution in [1.29, 1.82) is 0 Å². The molecule has 0 aromatic rings. The van der Waals surface area contributed by atoms with Crippen molar-refractivity contribution in [1.82, 2.24) is 0 Å². The van der Waals surface area contributed by atoms with E-state index >= 15 is 0 Å². The van der Waals surface area contributed by atoms with E-state index in [9.17, 15) is 9.90 Å². The fourth-order valence-electron chi connectivity index (χ4n) is 2.13. The van der Waals surface area contributed by atoms with E-state index in [-0.39, 0.29) is 24.6 Å². The molecule has 1 fully saturated rings. The summed E-state index contributed by atoms with van der Waals surface area (Å²) in [5, 5.41) is 9.87. The molecule has 0 heterocycles. The Bertz CT molecular complexity index is 247. The van der Waals surface area contributed by atoms with Gasteiger partial charge in [-0.15, -0.1) is 0 Å². The average molecular weight is 212 g/mol. The Morgan fingerprint density at radius 1 is 1.53 bits per heavy atom. The molecule has 0 bridgehead atoms. The van der Waals surface area contributed by atoms with E-state index in [2.05, 4.69) is 13.5 Å². The second kappa shape index (κ2) is 5.31. The summed E-state index contributed by atoms with van der Waals surface area (Å²) in [5.41, 5.74) is 0.838. The third kappa shape index (κ3) is 3.67. The van der Waals surface area contributed by atoms with Crippen LogP contribution in [0.5, 0.6) is 0 Å². The number of rotatable bonds is 3. The van der Waals surface area contributed by atoms with Gasteiger partial charge < -0.3 is 9.84 Å². The van der Waals surface area contributed by atoms with Gasteiger partial charge in [0.05, 0.1) is 6.10 Å². The second-order valence-electron chi connectivity index (χ2n) is 4.53. The normalized spacial score (nSPS) is 31.0. The van der Waals surface area contributed by atoms with Crippen molar-refractivity contribution in [2.45, 2.75) is 39.2 Å². The molecule has 0 radical (unpaired) electrons. The van der Waals surface area contributed by atoms with Crippen molar-refractivity contribution < 1.29 is 14.6 Å². The quantitative estimate of drug-likeness (QED) is 0.574. The Balaban J connectivity index is 2.42. The van der Waals surface area contributed by atoms with E-state index in [0.717, 1.165) is 24.8 Å². The molecule has 1 aliphatic rings. The van der Waals surface area contributed by atoms with E-state index in [1.807, 2.05) is 0 Å². The molecular formula is C12H20O3. The Morgan fingerprint density at radius 3 is 2.73 bits per heavy atom. The standard InChI is InChI=1S/C12H20O3/c1-8-4-5-11(12(14)6-8)9(2)7-15-10(3)13/h8,11-12,14H,2,4-7H2,1,3H3/t8-,11+,12-/m0/s1. The number of hydrogen-bond donors (Lipinski definition) is 1. The molecule has 0 aromatic carbocycles. The highest BCUT2D eigenvalue weighted by Crippen LogP contribution is 2.32. The van der Waals surface area contributed by atoms with Crippen LogP contribution in [0.2, 0.25) is 0 Å². The summed E-state index contributed by atoms with van der Waals surface area (Å²) >= 11 is 0. The van der Waals surface area contributed by atoms with Crippen LogP contribution >= 0.6 is 0 Å². The minimum atomic E-state index is -0.322. The molecule has 0 saturated heterocycles. The van der Waals surface area contributed by atoms with Crippen LogP contribution in [0.25, 0.3) is 0 Å². The van der Waals surface area contributed by atoms with E-state index < -0.39 is 0 Å². The van der Waals surface area contributed by atoms with E-state index in [0.29, 0.717) is 5.92 Å². The van der Waals surface area contributed by atoms with Gasteiger partial charge in [0.25, 0.3) is 0 Å². The van der Waals surface area contributed by atoms with Crippen molar-refractivity contribution in [2.24, 2.45) is 11.8 Å². The van der Waals surface area contributed by atoms with Gasteiger partial charge in [-0.05, 0) is 30.8 Å². The number of ether oxygens (including phenoxy) is 1. The summed E-state index contributed by atoms with van der Waals surface area (Å²) in [6.45, 7) is 7.66. The lowest BCUT2D eigenvalue weighted by Gasteiger charge is -2.32. The van der Waals surface area contributed by atoms with Gasteiger partial charge in [0.15, 0.2) is 0 Å². The van der Waals surface area contributed by atoms with Crippen LogP contribution in [0.15, 0.2) is 12.2 Å². The molecule has 1 rings (SSSR count). The summed E-state index contributed by atoms with van der Waals surface area (Å²) in [7, 11) is 0. The fourth-order valence-corrected chi connectivity index (χ4v) is 2.13. The maximum Gasteiger partial charge on any atom is 0.302 e. The molecule has 1 saturated carbocycles. The molecule has 3 heteroatoms. The molecule has 1 aliphatic carbocycles. The smallest absolute Gasteiger partial charge is 0.302 e. The number of esters is 1. The highest BCUT2D eigenvalue weighted by Gasteiger charge is 2.28. The number of carbonyl (C=O) groups is 1. The third-order valence-corrected chi connectivity index (χ3v) is 3.06. The summed E-state index contributed by atoms with van der Waals surface area (Å²) in [5.74, 6) is 0.383. The van der Waals surface area contributed by atoms with Gasteiger partial charge in [-0.3, -0.25) is 4.79 Å². The molecule has 0 aliphatic heterocycles. The Kier molecular flexibility index (Phi) is 4.33. The minimum Gasteiger partial charge on any atom is -0.461 e. The van der Waals surface area contributed by atoms with Crippen LogP contribution in [0.3, 0.4) is 0 Å². The third-order valence-electron chi connectivity index (χ3n) is 3.06. The first kappa shape index (κ1) is 12.2. The van der Waals surface area contributed by atoms with Gasteiger partial charge in [-0.2, -0.15) is 0 Å². The first-order chi connectivity index (χ1) is 7.00. The highest BCUT2D eigenvalue weighted by molar-refractivity contribution is 5.66. The molecule has 0 unspecified atom stereocenters. The number of aliphatic hydroxyl groups is 1. The fraction of sp³-hybridized carbons (Fsp3) is 0.750. The zero-order valence-corrected chi connectivity index (χ0v) is 9.53. The van der Waals surface area contributed by atoms with Crippen LogP contribution in [-0.2, 0) is 9.53 Å². The van der Waals surface area contributed by atoms with Crippen molar-refractivity contribution in [3.63, 3.8) is 0 Å². The maximum absolute atomic E-state index is 10.6. The number of aliphatic hydroxyl groups excluding tert-OH is 1. The van der Waals surface area contributed by atoms with Gasteiger partial charge >= 0.3 is 5.97 Å². The zero-order chi connectivity index (χ0) is 11.4. The predicted octanol–water partition coefficient (Wildman–Crippen LogP) is 1.90. The molecule has 0 aromatic heterocycles. The monoisotopic (exact) mass is 212 g/mol. The minimum absolute atomic E-state index is 0.0977. The number of hydrogen-bond acceptors (Lipinski definition) is 3. The van der Waals surface area contributed by atoms with Crippen LogP contribution in [0.4, 0.5) is 0 Å². The summed E-state index contributed by atoms with van der Waals surface area (Å²) in [4.78, 5) is 10.6. The lowest BCUT2D eigenvalue weighted by molar-refractivity contribution is -0.140. The van der Waals surface area contributed by atoms with E-state index in [1.54, 1.807) is 0 Å². The molecule has 0 spiro atoms. The Morgan fingerprint density at radius 2 is 2.20 bits per heavy atom. The summed E-state index contributed by atoms with van der Waals surface area (Å²) in [6, 6.07) is 0. The first-order valence-electron chi connectivity index (χ1n) is 5.49. The second-order valence-corrected chi connectivity index (χ2v) is 4.53. The van der Waals surface area contributed by atoms with Gasteiger partial charge in [-0.25, -0.2) is 0 Å². The largest absolute Gasteiger partial charge is 0.461 e. The Labute approximate surface area is 91.1 Å². The summed E-state index contributed by atoms with van der Waals surface area (Å²) in [6.07, 6.45) is 2.56. The molecule has 86 valence electrons. The molecule has 15 heavy (non-hydrogen) atoms. The molecule has 3 nitrogen and oxygen atoms in total. The van der Waals surface area contributed by atoms with Gasteiger partial charge in [0, 0.05) is 12.8 Å². The van der Waals surface area contributed by atoms with E-state index in [1.165, 1.54) is 6.92 Å². The van der Waals surface area contributed by atoms with Gasteiger partial charge in [-0.1, -0.05) is 13.5 Å². The van der Waals surface area contributed by atoms with Crippen molar-refractivity contribution >= 4 is 5.97 Å². The zero-order valence-electron chi connectivity index (χ0n) is 9.53. The van der Waals surface area contributed by atoms with Gasteiger partial charge in [0.2, 0.25) is 0 Å². The number of carbonyl (C=O) groups excluding carboxylic acids is 1. The first-order valence-corrected chi connectivity index (χ1v) is 5.49. The van der Waals surface area contributed by atoms with Crippen LogP contribution in [0.1, 0.15) is 33.1 Å². The van der Waals surface area contributed by atoms with Gasteiger partial charge in [0.1, 0.15) is 6.61 Å². The maximum atomic E-state index is 10.6. The predicted molar refractivity (Wildman–Crippen MR) is 58.3 cm³/mol. The Hall–Kier alpha value is -0.830. The molecular weight excluding hydrogens is 192 g/mol. The van der Waals surface area contributed by atoms with Crippen LogP contribution in [-0.4, -0.2) is 23.8 Å². The molecule has 3 atom stereocenters. The van der Waals surface area contributed by atoms with Crippen molar-refractivity contribution in [3.05, 3.63) is 12.2 Å². The topological polar surface area (TPSA) is 46.5 Å². The molecule has 1 N–H and O–H groups in total. The highest BCUT2D eigenvalue weighted by atomic mass is 16.5. The molecule has 0 amide bonds. The van der Waals surface area contributed by atoms with Crippen LogP contribution < -0.4 is 0 Å². The van der Waals surface area contributed by atoms with Crippen molar-refractivity contribution in [2.75, 3.05) is 6.61 Å².